The summed E-state index contributed by atoms with van der Waals surface area (Å²) in [5.41, 5.74) is 1.47. The molecule has 0 saturated carbocycles. The highest BCUT2D eigenvalue weighted by atomic mass is 15.2. The van der Waals surface area contributed by atoms with Crippen molar-refractivity contribution in [3.63, 3.8) is 0 Å². The van der Waals surface area contributed by atoms with Gasteiger partial charge in [-0.15, -0.1) is 0 Å². The van der Waals surface area contributed by atoms with Gasteiger partial charge in [-0.3, -0.25) is 4.90 Å². The van der Waals surface area contributed by atoms with E-state index in [0.29, 0.717) is 6.04 Å². The Labute approximate surface area is 129 Å². The molecule has 0 N–H and O–H groups in total. The molecule has 2 aliphatic rings. The van der Waals surface area contributed by atoms with Crippen LogP contribution >= 0.6 is 0 Å². The van der Waals surface area contributed by atoms with Gasteiger partial charge in [0, 0.05) is 37.4 Å². The van der Waals surface area contributed by atoms with Crippen LogP contribution in [0.1, 0.15) is 57.6 Å². The van der Waals surface area contributed by atoms with Crippen molar-refractivity contribution in [3.05, 3.63) is 23.9 Å². The standard InChI is InChI=1S/C18H29N3/c1-15(2)14-21-13-7-9-17(21)16-8-6-10-19-18(16)20-11-4-3-5-12-20/h6,8,10,15,17H,3-5,7,9,11-14H2,1-2H3/t17-/m1/s1. The van der Waals surface area contributed by atoms with Crippen LogP contribution in [0.2, 0.25) is 0 Å². The average molecular weight is 287 g/mol. The van der Waals surface area contributed by atoms with Crippen molar-refractivity contribution in [1.29, 1.82) is 0 Å². The zero-order chi connectivity index (χ0) is 14.7. The third-order valence-corrected chi connectivity index (χ3v) is 4.79. The van der Waals surface area contributed by atoms with Crippen molar-refractivity contribution >= 4 is 5.82 Å². The van der Waals surface area contributed by atoms with E-state index in [4.69, 9.17) is 4.98 Å². The van der Waals surface area contributed by atoms with Crippen LogP contribution < -0.4 is 4.90 Å². The van der Waals surface area contributed by atoms with E-state index in [-0.39, 0.29) is 0 Å². The fourth-order valence-electron chi connectivity index (χ4n) is 3.91. The number of hydrogen-bond donors (Lipinski definition) is 0. The van der Waals surface area contributed by atoms with Gasteiger partial charge < -0.3 is 4.90 Å². The summed E-state index contributed by atoms with van der Waals surface area (Å²) >= 11 is 0. The average Bonchev–Trinajstić information content (AvgIpc) is 2.95. The number of rotatable bonds is 4. The van der Waals surface area contributed by atoms with E-state index in [1.54, 1.807) is 0 Å². The molecule has 1 aromatic heterocycles. The molecule has 0 amide bonds. The smallest absolute Gasteiger partial charge is 0.133 e. The third kappa shape index (κ3) is 3.39. The SMILES string of the molecule is CC(C)CN1CCC[C@@H]1c1cccnc1N1CCCCC1. The Balaban J connectivity index is 1.83. The number of pyridine rings is 1. The highest BCUT2D eigenvalue weighted by Crippen LogP contribution is 2.37. The van der Waals surface area contributed by atoms with E-state index < -0.39 is 0 Å². The van der Waals surface area contributed by atoms with Gasteiger partial charge >= 0.3 is 0 Å². The van der Waals surface area contributed by atoms with Gasteiger partial charge in [0.2, 0.25) is 0 Å². The molecule has 1 atom stereocenters. The molecule has 0 spiro atoms. The van der Waals surface area contributed by atoms with Crippen LogP contribution in [0.5, 0.6) is 0 Å². The molecule has 0 aliphatic carbocycles. The first-order valence-corrected chi connectivity index (χ1v) is 8.69. The van der Waals surface area contributed by atoms with Gasteiger partial charge in [-0.25, -0.2) is 4.98 Å². The first-order chi connectivity index (χ1) is 10.3. The first-order valence-electron chi connectivity index (χ1n) is 8.69. The summed E-state index contributed by atoms with van der Waals surface area (Å²) in [5.74, 6) is 2.00. The number of nitrogens with zero attached hydrogens (tertiary/aromatic N) is 3. The summed E-state index contributed by atoms with van der Waals surface area (Å²) in [6.45, 7) is 9.46. The van der Waals surface area contributed by atoms with Crippen LogP contribution in [0.3, 0.4) is 0 Å². The molecule has 3 heteroatoms. The lowest BCUT2D eigenvalue weighted by Gasteiger charge is -2.33. The molecule has 0 aromatic carbocycles. The second kappa shape index (κ2) is 6.78. The Morgan fingerprint density at radius 2 is 1.95 bits per heavy atom. The molecule has 3 heterocycles. The second-order valence-electron chi connectivity index (χ2n) is 7.01. The van der Waals surface area contributed by atoms with Gasteiger partial charge in [-0.2, -0.15) is 0 Å². The van der Waals surface area contributed by atoms with Gasteiger partial charge in [0.05, 0.1) is 0 Å². The largest absolute Gasteiger partial charge is 0.356 e. The van der Waals surface area contributed by atoms with Crippen LogP contribution in [0.25, 0.3) is 0 Å². The van der Waals surface area contributed by atoms with E-state index in [2.05, 4.69) is 35.8 Å². The predicted octanol–water partition coefficient (Wildman–Crippen LogP) is 3.86. The lowest BCUT2D eigenvalue weighted by molar-refractivity contribution is 0.228. The van der Waals surface area contributed by atoms with E-state index >= 15 is 0 Å². The minimum absolute atomic E-state index is 0.582. The van der Waals surface area contributed by atoms with E-state index in [1.807, 2.05) is 6.20 Å². The summed E-state index contributed by atoms with van der Waals surface area (Å²) in [5, 5.41) is 0. The number of aromatic nitrogens is 1. The second-order valence-corrected chi connectivity index (χ2v) is 7.01. The zero-order valence-electron chi connectivity index (χ0n) is 13.6. The molecule has 0 unspecified atom stereocenters. The molecule has 2 aliphatic heterocycles. The molecule has 21 heavy (non-hydrogen) atoms. The van der Waals surface area contributed by atoms with Crippen LogP contribution in [-0.2, 0) is 0 Å². The molecular formula is C18H29N3. The molecular weight excluding hydrogens is 258 g/mol. The fourth-order valence-corrected chi connectivity index (χ4v) is 3.91. The normalized spacial score (nSPS) is 24.0. The lowest BCUT2D eigenvalue weighted by atomic mass is 10.0. The maximum Gasteiger partial charge on any atom is 0.133 e. The van der Waals surface area contributed by atoms with Gasteiger partial charge in [-0.05, 0) is 50.6 Å². The highest BCUT2D eigenvalue weighted by molar-refractivity contribution is 5.49. The summed E-state index contributed by atoms with van der Waals surface area (Å²) < 4.78 is 0. The van der Waals surface area contributed by atoms with Gasteiger partial charge in [0.25, 0.3) is 0 Å². The summed E-state index contributed by atoms with van der Waals surface area (Å²) in [4.78, 5) is 9.95. The van der Waals surface area contributed by atoms with Crippen molar-refractivity contribution in [3.8, 4) is 0 Å². The van der Waals surface area contributed by atoms with Gasteiger partial charge in [0.15, 0.2) is 0 Å². The van der Waals surface area contributed by atoms with Gasteiger partial charge in [-0.1, -0.05) is 19.9 Å². The van der Waals surface area contributed by atoms with Crippen molar-refractivity contribution in [2.45, 2.75) is 52.0 Å². The molecule has 116 valence electrons. The molecule has 0 bridgehead atoms. The maximum atomic E-state index is 4.76. The van der Waals surface area contributed by atoms with Crippen LogP contribution in [-0.4, -0.2) is 36.1 Å². The molecule has 3 nitrogen and oxygen atoms in total. The number of piperidine rings is 1. The number of hydrogen-bond acceptors (Lipinski definition) is 3. The Bertz CT molecular complexity index is 452. The predicted molar refractivity (Wildman–Crippen MR) is 88.7 cm³/mol. The zero-order valence-corrected chi connectivity index (χ0v) is 13.6. The summed E-state index contributed by atoms with van der Waals surface area (Å²) in [6, 6.07) is 5.02. The van der Waals surface area contributed by atoms with Crippen molar-refractivity contribution in [2.75, 3.05) is 31.1 Å². The van der Waals surface area contributed by atoms with E-state index in [1.165, 1.54) is 69.7 Å². The topological polar surface area (TPSA) is 19.4 Å². The Kier molecular flexibility index (Phi) is 4.79. The summed E-state index contributed by atoms with van der Waals surface area (Å²) in [7, 11) is 0. The molecule has 2 saturated heterocycles. The first kappa shape index (κ1) is 14.8. The molecule has 3 rings (SSSR count). The third-order valence-electron chi connectivity index (χ3n) is 4.79. The van der Waals surface area contributed by atoms with Crippen molar-refractivity contribution in [2.24, 2.45) is 5.92 Å². The Morgan fingerprint density at radius 3 is 2.71 bits per heavy atom. The monoisotopic (exact) mass is 287 g/mol. The summed E-state index contributed by atoms with van der Waals surface area (Å²) in [6.07, 6.45) is 8.59. The minimum Gasteiger partial charge on any atom is -0.356 e. The quantitative estimate of drug-likeness (QED) is 0.838. The van der Waals surface area contributed by atoms with E-state index in [0.717, 1.165) is 5.92 Å². The fraction of sp³-hybridized carbons (Fsp3) is 0.722. The van der Waals surface area contributed by atoms with Crippen molar-refractivity contribution < 1.29 is 0 Å². The number of likely N-dealkylation sites (tertiary alicyclic amines) is 1. The Hall–Kier alpha value is -1.09. The van der Waals surface area contributed by atoms with Crippen LogP contribution in [0, 0.1) is 5.92 Å². The minimum atomic E-state index is 0.582. The van der Waals surface area contributed by atoms with Crippen molar-refractivity contribution in [1.82, 2.24) is 9.88 Å². The van der Waals surface area contributed by atoms with Crippen LogP contribution in [0.4, 0.5) is 5.82 Å². The van der Waals surface area contributed by atoms with Crippen LogP contribution in [0.15, 0.2) is 18.3 Å². The molecule has 2 fully saturated rings. The molecule has 1 aromatic rings. The maximum absolute atomic E-state index is 4.76. The molecule has 0 radical (unpaired) electrons. The lowest BCUT2D eigenvalue weighted by Crippen LogP contribution is -2.33. The highest BCUT2D eigenvalue weighted by Gasteiger charge is 2.30. The Morgan fingerprint density at radius 1 is 1.14 bits per heavy atom. The van der Waals surface area contributed by atoms with E-state index in [9.17, 15) is 0 Å². The van der Waals surface area contributed by atoms with Gasteiger partial charge in [0.1, 0.15) is 5.82 Å². The number of anilines is 1.